The average Bonchev–Trinajstić information content (AvgIpc) is 3.22. The van der Waals surface area contributed by atoms with E-state index in [1.54, 1.807) is 36.4 Å². The molecule has 1 saturated heterocycles. The highest BCUT2D eigenvalue weighted by Gasteiger charge is 2.18. The van der Waals surface area contributed by atoms with Gasteiger partial charge in [-0.1, -0.05) is 24.3 Å². The topological polar surface area (TPSA) is 67.4 Å². The third-order valence-corrected chi connectivity index (χ3v) is 5.38. The van der Waals surface area contributed by atoms with Crippen LogP contribution >= 0.6 is 11.8 Å². The molecule has 2 aromatic carbocycles. The molecular weight excluding hydrogens is 379 g/mol. The fourth-order valence-corrected chi connectivity index (χ4v) is 3.71. The van der Waals surface area contributed by atoms with E-state index in [4.69, 9.17) is 4.74 Å². The lowest BCUT2D eigenvalue weighted by Gasteiger charge is -2.13. The Balaban J connectivity index is 1.49. The van der Waals surface area contributed by atoms with Crippen LogP contribution in [-0.2, 0) is 15.3 Å². The summed E-state index contributed by atoms with van der Waals surface area (Å²) in [4.78, 5) is 24.7. The summed E-state index contributed by atoms with van der Waals surface area (Å²) in [6, 6.07) is 13.2. The maximum absolute atomic E-state index is 12.9. The van der Waals surface area contributed by atoms with Gasteiger partial charge >= 0.3 is 0 Å². The Morgan fingerprint density at radius 3 is 2.68 bits per heavy atom. The number of halogens is 1. The smallest absolute Gasteiger partial charge is 0.253 e. The van der Waals surface area contributed by atoms with Crippen LogP contribution in [0.2, 0.25) is 0 Å². The molecule has 2 N–H and O–H groups in total. The molecule has 0 aliphatic carbocycles. The Hall–Kier alpha value is -2.38. The van der Waals surface area contributed by atoms with Crippen molar-refractivity contribution < 1.29 is 18.7 Å². The second-order valence-corrected chi connectivity index (χ2v) is 7.54. The van der Waals surface area contributed by atoms with Gasteiger partial charge < -0.3 is 15.4 Å². The zero-order valence-electron chi connectivity index (χ0n) is 15.4. The highest BCUT2D eigenvalue weighted by Crippen LogP contribution is 2.18. The number of ether oxygens (including phenoxy) is 1. The molecule has 0 saturated carbocycles. The van der Waals surface area contributed by atoms with E-state index < -0.39 is 0 Å². The molecule has 1 atom stereocenters. The van der Waals surface area contributed by atoms with Gasteiger partial charge in [-0.15, -0.1) is 11.8 Å². The minimum absolute atomic E-state index is 0.0635. The molecule has 0 unspecified atom stereocenters. The van der Waals surface area contributed by atoms with Crippen molar-refractivity contribution in [1.82, 2.24) is 5.32 Å². The van der Waals surface area contributed by atoms with Crippen molar-refractivity contribution in [2.75, 3.05) is 24.2 Å². The van der Waals surface area contributed by atoms with Crippen LogP contribution in [-0.4, -0.2) is 36.8 Å². The number of rotatable bonds is 8. The van der Waals surface area contributed by atoms with Crippen molar-refractivity contribution in [2.24, 2.45) is 0 Å². The fourth-order valence-electron chi connectivity index (χ4n) is 2.93. The molecule has 7 heteroatoms. The van der Waals surface area contributed by atoms with Gasteiger partial charge in [-0.05, 0) is 42.7 Å². The maximum Gasteiger partial charge on any atom is 0.253 e. The van der Waals surface area contributed by atoms with Crippen LogP contribution in [0.15, 0.2) is 48.5 Å². The number of anilines is 1. The Bertz CT molecular complexity index is 808. The monoisotopic (exact) mass is 402 g/mol. The summed E-state index contributed by atoms with van der Waals surface area (Å²) in [5.41, 5.74) is 1.87. The Morgan fingerprint density at radius 1 is 1.14 bits per heavy atom. The lowest BCUT2D eigenvalue weighted by molar-refractivity contribution is -0.113. The number of nitrogens with one attached hydrogen (secondary N) is 2. The average molecular weight is 402 g/mol. The Morgan fingerprint density at radius 2 is 1.93 bits per heavy atom. The molecule has 0 bridgehead atoms. The number of para-hydroxylation sites is 1. The molecule has 148 valence electrons. The predicted molar refractivity (Wildman–Crippen MR) is 109 cm³/mol. The van der Waals surface area contributed by atoms with Crippen LogP contribution in [0.4, 0.5) is 10.1 Å². The van der Waals surface area contributed by atoms with Gasteiger partial charge in [-0.3, -0.25) is 9.59 Å². The van der Waals surface area contributed by atoms with Crippen molar-refractivity contribution in [3.8, 4) is 0 Å². The zero-order valence-corrected chi connectivity index (χ0v) is 16.3. The van der Waals surface area contributed by atoms with Crippen LogP contribution < -0.4 is 10.6 Å². The molecule has 28 heavy (non-hydrogen) atoms. The van der Waals surface area contributed by atoms with Crippen LogP contribution in [0.3, 0.4) is 0 Å². The SMILES string of the molecule is O=C(CSCc1ccc(F)cc1)Nc1ccccc1C(=O)NC[C@@H]1CCCO1. The molecule has 0 aromatic heterocycles. The van der Waals surface area contributed by atoms with Crippen molar-refractivity contribution in [3.05, 3.63) is 65.5 Å². The van der Waals surface area contributed by atoms with E-state index in [2.05, 4.69) is 10.6 Å². The van der Waals surface area contributed by atoms with Crippen molar-refractivity contribution in [3.63, 3.8) is 0 Å². The van der Waals surface area contributed by atoms with Crippen molar-refractivity contribution >= 4 is 29.3 Å². The summed E-state index contributed by atoms with van der Waals surface area (Å²) in [5, 5.41) is 5.68. The van der Waals surface area contributed by atoms with E-state index in [1.165, 1.54) is 23.9 Å². The number of thioether (sulfide) groups is 1. The summed E-state index contributed by atoms with van der Waals surface area (Å²) in [6.45, 7) is 1.21. The number of hydrogen-bond acceptors (Lipinski definition) is 4. The molecule has 2 aromatic rings. The van der Waals surface area contributed by atoms with Crippen LogP contribution in [0.1, 0.15) is 28.8 Å². The second kappa shape index (κ2) is 10.2. The van der Waals surface area contributed by atoms with Gasteiger partial charge in [-0.2, -0.15) is 0 Å². The molecule has 2 amide bonds. The highest BCUT2D eigenvalue weighted by molar-refractivity contribution is 7.99. The first-order chi connectivity index (χ1) is 13.6. The van der Waals surface area contributed by atoms with Gasteiger partial charge in [-0.25, -0.2) is 4.39 Å². The van der Waals surface area contributed by atoms with Crippen LogP contribution in [0.25, 0.3) is 0 Å². The van der Waals surface area contributed by atoms with Gasteiger partial charge in [0.2, 0.25) is 5.91 Å². The van der Waals surface area contributed by atoms with Crippen LogP contribution in [0, 0.1) is 5.82 Å². The lowest BCUT2D eigenvalue weighted by atomic mass is 10.1. The van der Waals surface area contributed by atoms with Gasteiger partial charge in [0.05, 0.1) is 23.1 Å². The first-order valence-corrected chi connectivity index (χ1v) is 10.4. The molecule has 0 radical (unpaired) electrons. The van der Waals surface area contributed by atoms with Crippen molar-refractivity contribution in [2.45, 2.75) is 24.7 Å². The summed E-state index contributed by atoms with van der Waals surface area (Å²) >= 11 is 1.43. The predicted octanol–water partition coefficient (Wildman–Crippen LogP) is 3.61. The van der Waals surface area contributed by atoms with Gasteiger partial charge in [0.15, 0.2) is 0 Å². The summed E-state index contributed by atoms with van der Waals surface area (Å²) in [5.74, 6) is 0.151. The molecule has 1 fully saturated rings. The third-order valence-electron chi connectivity index (χ3n) is 4.38. The number of amides is 2. The molecule has 1 aliphatic rings. The molecule has 0 spiro atoms. The van der Waals surface area contributed by atoms with E-state index in [0.717, 1.165) is 25.0 Å². The van der Waals surface area contributed by atoms with Gasteiger partial charge in [0.25, 0.3) is 5.91 Å². The summed E-state index contributed by atoms with van der Waals surface area (Å²) in [6.07, 6.45) is 2.03. The maximum atomic E-state index is 12.9. The fraction of sp³-hybridized carbons (Fsp3) is 0.333. The molecule has 1 heterocycles. The minimum Gasteiger partial charge on any atom is -0.376 e. The summed E-state index contributed by atoms with van der Waals surface area (Å²) in [7, 11) is 0. The zero-order chi connectivity index (χ0) is 19.8. The number of carbonyl (C=O) groups excluding carboxylic acids is 2. The first-order valence-electron chi connectivity index (χ1n) is 9.22. The van der Waals surface area contributed by atoms with E-state index in [0.29, 0.717) is 23.5 Å². The minimum atomic E-state index is -0.277. The van der Waals surface area contributed by atoms with Crippen LogP contribution in [0.5, 0.6) is 0 Å². The largest absolute Gasteiger partial charge is 0.376 e. The highest BCUT2D eigenvalue weighted by atomic mass is 32.2. The summed E-state index contributed by atoms with van der Waals surface area (Å²) < 4.78 is 18.4. The molecular formula is C21H23FN2O3S. The standard InChI is InChI=1S/C21H23FN2O3S/c22-16-9-7-15(8-10-16)13-28-14-20(25)24-19-6-2-1-5-18(19)21(26)23-12-17-4-3-11-27-17/h1-2,5-10,17H,3-4,11-14H2,(H,23,26)(H,24,25)/t17-/m0/s1. The molecule has 5 nitrogen and oxygen atoms in total. The number of carbonyl (C=O) groups is 2. The number of hydrogen-bond donors (Lipinski definition) is 2. The first kappa shape index (κ1) is 20.4. The van der Waals surface area contributed by atoms with E-state index >= 15 is 0 Å². The van der Waals surface area contributed by atoms with Gasteiger partial charge in [0.1, 0.15) is 5.82 Å². The quantitative estimate of drug-likeness (QED) is 0.708. The third kappa shape index (κ3) is 6.07. The normalized spacial score (nSPS) is 16.0. The Labute approximate surface area is 168 Å². The van der Waals surface area contributed by atoms with E-state index in [1.807, 2.05) is 0 Å². The lowest BCUT2D eigenvalue weighted by Crippen LogP contribution is -2.32. The molecule has 1 aliphatic heterocycles. The van der Waals surface area contributed by atoms with E-state index in [9.17, 15) is 14.0 Å². The second-order valence-electron chi connectivity index (χ2n) is 6.56. The molecule has 3 rings (SSSR count). The number of benzene rings is 2. The Kier molecular flexibility index (Phi) is 7.45. The van der Waals surface area contributed by atoms with Gasteiger partial charge in [0, 0.05) is 18.9 Å². The van der Waals surface area contributed by atoms with E-state index in [-0.39, 0.29) is 29.5 Å². The van der Waals surface area contributed by atoms with Crippen molar-refractivity contribution in [1.29, 1.82) is 0 Å².